The highest BCUT2D eigenvalue weighted by Gasteiger charge is 2.69. The van der Waals surface area contributed by atoms with Gasteiger partial charge in [-0.2, -0.15) is 0 Å². The number of alkyl halides is 4. The van der Waals surface area contributed by atoms with E-state index in [9.17, 15) is 27.2 Å². The Morgan fingerprint density at radius 2 is 1.02 bits per heavy atom. The number of methoxy groups -OCH3 is 4. The van der Waals surface area contributed by atoms with Crippen LogP contribution in [0.25, 0.3) is 0 Å². The molecular weight excluding hydrogens is 1250 g/mol. The highest BCUT2D eigenvalue weighted by Crippen LogP contribution is 2.65. The Labute approximate surface area is 557 Å². The lowest BCUT2D eigenvalue weighted by atomic mass is 9.61. The molecule has 4 heterocycles. The number of hydrogen-bond donors (Lipinski definition) is 3. The van der Waals surface area contributed by atoms with Crippen molar-refractivity contribution in [2.75, 3.05) is 75.0 Å². The Morgan fingerprint density at radius 1 is 0.568 bits per heavy atom. The fraction of sp³-hybridized carbons (Fsp3) is 0.586. The van der Waals surface area contributed by atoms with Crippen LogP contribution in [-0.4, -0.2) is 157 Å². The summed E-state index contributed by atoms with van der Waals surface area (Å²) in [4.78, 5) is 50.3. The number of amides is 2. The zero-order valence-electron chi connectivity index (χ0n) is 54.7. The third kappa shape index (κ3) is 12.4. The van der Waals surface area contributed by atoms with Crippen molar-refractivity contribution in [3.63, 3.8) is 0 Å². The van der Waals surface area contributed by atoms with E-state index in [1.807, 2.05) is 73.8 Å². The van der Waals surface area contributed by atoms with Crippen LogP contribution in [0.2, 0.25) is 5.02 Å². The second-order valence-corrected chi connectivity index (χ2v) is 27.4. The Bertz CT molecular complexity index is 3540. The van der Waals surface area contributed by atoms with Crippen LogP contribution in [0.1, 0.15) is 130 Å². The van der Waals surface area contributed by atoms with E-state index >= 15 is 0 Å². The van der Waals surface area contributed by atoms with Gasteiger partial charge in [0, 0.05) is 82.0 Å². The molecule has 14 rings (SSSR count). The van der Waals surface area contributed by atoms with Crippen LogP contribution in [0.5, 0.6) is 23.0 Å². The molecule has 0 radical (unpaired) electrons. The first-order chi connectivity index (χ1) is 45.7. The van der Waals surface area contributed by atoms with Crippen molar-refractivity contribution in [1.82, 2.24) is 14.9 Å². The van der Waals surface area contributed by atoms with Crippen molar-refractivity contribution >= 4 is 41.3 Å². The number of fused-ring (bicyclic) bond motifs is 9. The normalized spacial score (nSPS) is 30.9. The van der Waals surface area contributed by atoms with Crippen molar-refractivity contribution in [2.24, 2.45) is 48.4 Å². The number of rotatable bonds is 17. The summed E-state index contributed by atoms with van der Waals surface area (Å²) >= 11 is 5.99. The van der Waals surface area contributed by atoms with Gasteiger partial charge in [-0.3, -0.25) is 19.4 Å². The van der Waals surface area contributed by atoms with E-state index in [-0.39, 0.29) is 35.6 Å². The molecule has 514 valence electrons. The van der Waals surface area contributed by atoms with Crippen LogP contribution >= 0.6 is 11.6 Å². The number of ether oxygens (including phenoxy) is 8. The SMILES string of the molecule is COC1CCC2(CC1)Cc1ccc(OCC3CCCO3)cc1C21N=C(N)N(CC(F)F)C1=O.COC1CCC2(CC1)Cc1ccc(Oc3ccc(Cl)cc3)cc1C21N=C(N)N(C)O1.COCCCOc1ccc2c(c1)C1(N=C(N)N(CC(F)F)C1=O)C1(CCC(OC)CC1)C2. The first-order valence-corrected chi connectivity index (χ1v) is 33.5. The summed E-state index contributed by atoms with van der Waals surface area (Å²) < 4.78 is 98.5. The van der Waals surface area contributed by atoms with Gasteiger partial charge < -0.3 is 55.1 Å². The number of guanidine groups is 3. The van der Waals surface area contributed by atoms with E-state index in [0.29, 0.717) is 86.9 Å². The van der Waals surface area contributed by atoms with Gasteiger partial charge in [0.1, 0.15) is 29.6 Å². The highest BCUT2D eigenvalue weighted by molar-refractivity contribution is 6.30. The first-order valence-electron chi connectivity index (χ1n) is 33.2. The molecule has 6 aliphatic carbocycles. The Hall–Kier alpha value is -6.80. The van der Waals surface area contributed by atoms with Gasteiger partial charge >= 0.3 is 0 Å². The standard InChI is InChI=1S/C24H31F2N3O4.C23H26ClN3O3.C23H31F2N3O4/c1-31-16-6-8-23(9-7-16)12-15-4-5-17(33-14-18-3-2-10-32-18)11-19(15)24(23)21(30)29(13-20(25)26)22(27)28-24;1-27-21(25)26-23(30-27)20-13-19(29-18-7-4-16(24)5-8-18)6-3-15(20)14-22(23)11-9-17(28-2)10-12-22;1-30-10-3-11-32-17-5-4-15-13-22(8-6-16(31-2)7-9-22)23(18(15)12-17)20(29)28(14-19(24)25)21(26)27-23/h4-5,11,16,18,20H,2-3,6-10,12-14H2,1H3,(H2,27,28);3-8,13,17H,9-12,14H2,1-2H3,(H2,25,26);4-5,12,16,19H,3,6-11,13-14H2,1-2H3,(H2,26,27). The van der Waals surface area contributed by atoms with Gasteiger partial charge in [-0.1, -0.05) is 29.8 Å². The maximum absolute atomic E-state index is 13.8. The summed E-state index contributed by atoms with van der Waals surface area (Å²) in [6, 6.07) is 25.0. The van der Waals surface area contributed by atoms with E-state index < -0.39 is 65.4 Å². The summed E-state index contributed by atoms with van der Waals surface area (Å²) in [6.07, 6.45) is 9.99. The first kappa shape index (κ1) is 68.2. The van der Waals surface area contributed by atoms with Crippen molar-refractivity contribution in [2.45, 2.75) is 170 Å². The molecular formula is C70H88ClF4N9O11. The Morgan fingerprint density at radius 3 is 1.47 bits per heavy atom. The van der Waals surface area contributed by atoms with Gasteiger partial charge in [-0.25, -0.2) is 42.4 Å². The monoisotopic (exact) mass is 1340 g/mol. The number of hydrogen-bond acceptors (Lipinski definition) is 18. The number of hydroxylamine groups is 2. The van der Waals surface area contributed by atoms with Crippen LogP contribution < -0.4 is 31.4 Å². The smallest absolute Gasteiger partial charge is 0.262 e. The van der Waals surface area contributed by atoms with Crippen LogP contribution in [0.15, 0.2) is 93.8 Å². The van der Waals surface area contributed by atoms with E-state index in [1.165, 1.54) is 5.56 Å². The van der Waals surface area contributed by atoms with E-state index in [4.69, 9.17) is 81.5 Å². The molecule has 4 fully saturated rings. The number of benzene rings is 4. The molecule has 95 heavy (non-hydrogen) atoms. The number of nitrogens with two attached hydrogens (primary N) is 3. The largest absolute Gasteiger partial charge is 0.493 e. The molecule has 3 saturated carbocycles. The molecule has 4 unspecified atom stereocenters. The highest BCUT2D eigenvalue weighted by atomic mass is 35.5. The lowest BCUT2D eigenvalue weighted by Crippen LogP contribution is -2.52. The summed E-state index contributed by atoms with van der Waals surface area (Å²) in [5.74, 6) is 1.94. The number of carbonyl (C=O) groups excluding carboxylic acids is 2. The average molecular weight is 1340 g/mol. The lowest BCUT2D eigenvalue weighted by Gasteiger charge is -2.45. The Balaban J connectivity index is 0.000000137. The fourth-order valence-corrected chi connectivity index (χ4v) is 17.2. The molecule has 0 aromatic heterocycles. The van der Waals surface area contributed by atoms with Gasteiger partial charge in [0.2, 0.25) is 11.7 Å². The summed E-state index contributed by atoms with van der Waals surface area (Å²) in [6.45, 7) is 0.724. The molecule has 4 aromatic rings. The molecule has 10 aliphatic rings. The zero-order chi connectivity index (χ0) is 67.1. The van der Waals surface area contributed by atoms with Gasteiger partial charge in [-0.05, 0) is 198 Å². The molecule has 4 aliphatic heterocycles. The second kappa shape index (κ2) is 27.6. The van der Waals surface area contributed by atoms with Crippen molar-refractivity contribution < 1.29 is 69.9 Å². The molecule has 6 spiro atoms. The minimum Gasteiger partial charge on any atom is -0.493 e. The molecule has 20 nitrogen and oxygen atoms in total. The van der Waals surface area contributed by atoms with Crippen LogP contribution in [0.4, 0.5) is 17.6 Å². The van der Waals surface area contributed by atoms with Crippen LogP contribution in [-0.2, 0) is 74.2 Å². The molecule has 0 bridgehead atoms. The molecule has 25 heteroatoms. The molecule has 4 atom stereocenters. The molecule has 4 aromatic carbocycles. The molecule has 2 amide bonds. The Kier molecular flexibility index (Phi) is 19.8. The minimum absolute atomic E-state index is 0.0613. The number of aliphatic imine (C=N–C) groups is 3. The maximum Gasteiger partial charge on any atom is 0.262 e. The summed E-state index contributed by atoms with van der Waals surface area (Å²) in [5.41, 5.74) is 19.5. The van der Waals surface area contributed by atoms with E-state index in [0.717, 1.165) is 133 Å². The zero-order valence-corrected chi connectivity index (χ0v) is 55.5. The third-order valence-corrected chi connectivity index (χ3v) is 22.2. The third-order valence-electron chi connectivity index (χ3n) is 21.9. The van der Waals surface area contributed by atoms with Gasteiger partial charge in [0.25, 0.3) is 24.7 Å². The predicted octanol–water partition coefficient (Wildman–Crippen LogP) is 10.5. The summed E-state index contributed by atoms with van der Waals surface area (Å²) in [7, 11) is 8.62. The maximum atomic E-state index is 13.8. The number of carbonyl (C=O) groups is 2. The number of halogens is 5. The van der Waals surface area contributed by atoms with E-state index in [1.54, 1.807) is 33.5 Å². The van der Waals surface area contributed by atoms with Crippen molar-refractivity contribution in [1.29, 1.82) is 0 Å². The molecule has 6 N–H and O–H groups in total. The van der Waals surface area contributed by atoms with Crippen LogP contribution in [0.3, 0.4) is 0 Å². The minimum atomic E-state index is -2.70. The quantitative estimate of drug-likeness (QED) is 0.0658. The second-order valence-electron chi connectivity index (χ2n) is 27.0. The van der Waals surface area contributed by atoms with Crippen LogP contribution in [0, 0.1) is 16.2 Å². The number of nitrogens with zero attached hydrogens (tertiary/aromatic N) is 6. The van der Waals surface area contributed by atoms with Crippen molar-refractivity contribution in [3.05, 3.63) is 117 Å². The van der Waals surface area contributed by atoms with Gasteiger partial charge in [-0.15, -0.1) is 0 Å². The summed E-state index contributed by atoms with van der Waals surface area (Å²) in [5, 5.41) is 2.27. The lowest BCUT2D eigenvalue weighted by molar-refractivity contribution is -0.232. The van der Waals surface area contributed by atoms with Gasteiger partial charge in [0.15, 0.2) is 23.0 Å². The topological polar surface area (TPSA) is 242 Å². The van der Waals surface area contributed by atoms with E-state index in [2.05, 4.69) is 17.1 Å². The molecule has 1 saturated heterocycles. The van der Waals surface area contributed by atoms with Gasteiger partial charge in [0.05, 0.1) is 44.1 Å². The predicted molar refractivity (Wildman–Crippen MR) is 348 cm³/mol. The fourth-order valence-electron chi connectivity index (χ4n) is 17.1. The average Bonchev–Trinajstić information content (AvgIpc) is 1.55. The van der Waals surface area contributed by atoms with Crippen molar-refractivity contribution in [3.8, 4) is 23.0 Å².